The largest absolute Gasteiger partial charge is 0.337 e. The van der Waals surface area contributed by atoms with Crippen molar-refractivity contribution < 1.29 is 4.21 Å². The second-order valence-corrected chi connectivity index (χ2v) is 4.09. The average Bonchev–Trinajstić information content (AvgIpc) is 2.09. The van der Waals surface area contributed by atoms with Gasteiger partial charge in [-0.3, -0.25) is 9.19 Å². The Hall–Kier alpha value is -1.41. The Balaban J connectivity index is 0.000000500. The summed E-state index contributed by atoms with van der Waals surface area (Å²) in [6, 6.07) is 3.89. The third-order valence-electron chi connectivity index (χ3n) is 1.34. The van der Waals surface area contributed by atoms with E-state index in [-0.39, 0.29) is 0 Å². The molecule has 0 radical (unpaired) electrons. The fraction of sp³-hybridized carbons (Fsp3) is 0.333. The molecule has 1 rings (SSSR count). The zero-order chi connectivity index (χ0) is 11.0. The van der Waals surface area contributed by atoms with Crippen molar-refractivity contribution in [2.75, 3.05) is 6.26 Å². The van der Waals surface area contributed by atoms with Gasteiger partial charge in [-0.2, -0.15) is 5.26 Å². The highest BCUT2D eigenvalue weighted by atomic mass is 32.2. The molecule has 0 aliphatic heterocycles. The SMILES string of the molecule is Cc1ccc(CS(C)=O)cn1.N#CN. The molecule has 0 saturated carbocycles. The normalized spacial score (nSPS) is 10.6. The number of nitrogens with zero attached hydrogens (tertiary/aromatic N) is 2. The van der Waals surface area contributed by atoms with Gasteiger partial charge < -0.3 is 5.73 Å². The first-order valence-electron chi connectivity index (χ1n) is 3.91. The Morgan fingerprint density at radius 3 is 2.57 bits per heavy atom. The lowest BCUT2D eigenvalue weighted by molar-refractivity contribution is 0.686. The summed E-state index contributed by atoms with van der Waals surface area (Å²) >= 11 is 0. The fourth-order valence-electron chi connectivity index (χ4n) is 0.819. The van der Waals surface area contributed by atoms with Crippen molar-refractivity contribution >= 4 is 10.8 Å². The molecule has 0 spiro atoms. The van der Waals surface area contributed by atoms with Crippen LogP contribution in [0.4, 0.5) is 0 Å². The first-order chi connectivity index (χ1) is 6.60. The van der Waals surface area contributed by atoms with Gasteiger partial charge in [-0.1, -0.05) is 6.07 Å². The number of pyridine rings is 1. The van der Waals surface area contributed by atoms with Crippen molar-refractivity contribution in [1.82, 2.24) is 4.98 Å². The van der Waals surface area contributed by atoms with Gasteiger partial charge >= 0.3 is 0 Å². The van der Waals surface area contributed by atoms with Gasteiger partial charge in [-0.25, -0.2) is 0 Å². The number of nitriles is 1. The van der Waals surface area contributed by atoms with E-state index in [2.05, 4.69) is 10.7 Å². The van der Waals surface area contributed by atoms with Gasteiger partial charge in [0.25, 0.3) is 0 Å². The predicted octanol–water partition coefficient (Wildman–Crippen LogP) is 0.695. The van der Waals surface area contributed by atoms with Crippen LogP contribution in [0.5, 0.6) is 0 Å². The molecule has 0 aliphatic carbocycles. The minimum atomic E-state index is -0.763. The number of aromatic nitrogens is 1. The van der Waals surface area contributed by atoms with Crippen LogP contribution in [-0.4, -0.2) is 15.4 Å². The fourth-order valence-corrected chi connectivity index (χ4v) is 1.46. The zero-order valence-electron chi connectivity index (χ0n) is 8.23. The minimum absolute atomic E-state index is 0.604. The maximum Gasteiger partial charge on any atom is 0.173 e. The Kier molecular flexibility index (Phi) is 6.33. The van der Waals surface area contributed by atoms with E-state index in [0.29, 0.717) is 5.75 Å². The summed E-state index contributed by atoms with van der Waals surface area (Å²) in [4.78, 5) is 4.10. The quantitative estimate of drug-likeness (QED) is 0.576. The van der Waals surface area contributed by atoms with Crippen molar-refractivity contribution in [3.63, 3.8) is 0 Å². The molecule has 0 aromatic carbocycles. The summed E-state index contributed by atoms with van der Waals surface area (Å²) in [5, 5.41) is 7.10. The average molecular weight is 211 g/mol. The summed E-state index contributed by atoms with van der Waals surface area (Å²) < 4.78 is 10.8. The molecule has 5 heteroatoms. The van der Waals surface area contributed by atoms with Crippen molar-refractivity contribution in [3.8, 4) is 6.19 Å². The van der Waals surface area contributed by atoms with Crippen LogP contribution in [0.15, 0.2) is 18.3 Å². The van der Waals surface area contributed by atoms with Gasteiger partial charge in [0.15, 0.2) is 6.19 Å². The second kappa shape index (κ2) is 7.04. The molecule has 0 amide bonds. The van der Waals surface area contributed by atoms with E-state index in [0.717, 1.165) is 11.3 Å². The molecule has 0 saturated heterocycles. The summed E-state index contributed by atoms with van der Waals surface area (Å²) in [5.74, 6) is 0.604. The summed E-state index contributed by atoms with van der Waals surface area (Å²) in [7, 11) is -0.763. The van der Waals surface area contributed by atoms with Crippen LogP contribution in [0.3, 0.4) is 0 Å². The van der Waals surface area contributed by atoms with Crippen LogP contribution >= 0.6 is 0 Å². The summed E-state index contributed by atoms with van der Waals surface area (Å²) in [6.45, 7) is 1.94. The van der Waals surface area contributed by atoms with Crippen molar-refractivity contribution in [1.29, 1.82) is 5.26 Å². The van der Waals surface area contributed by atoms with Crippen LogP contribution in [0, 0.1) is 18.4 Å². The Labute approximate surface area is 86.2 Å². The number of hydrogen-bond acceptors (Lipinski definition) is 4. The van der Waals surface area contributed by atoms with Gasteiger partial charge in [0.1, 0.15) is 0 Å². The Bertz CT molecular complexity index is 329. The molecule has 1 heterocycles. The van der Waals surface area contributed by atoms with Gasteiger partial charge in [0.05, 0.1) is 0 Å². The molecule has 1 unspecified atom stereocenters. The number of rotatable bonds is 2. The van der Waals surface area contributed by atoms with Crippen molar-refractivity contribution in [2.24, 2.45) is 5.73 Å². The minimum Gasteiger partial charge on any atom is -0.337 e. The van der Waals surface area contributed by atoms with E-state index in [1.54, 1.807) is 12.5 Å². The van der Waals surface area contributed by atoms with E-state index in [1.807, 2.05) is 19.1 Å². The van der Waals surface area contributed by atoms with Crippen LogP contribution in [0.1, 0.15) is 11.3 Å². The molecule has 1 atom stereocenters. The second-order valence-electron chi connectivity index (χ2n) is 2.65. The molecule has 4 nitrogen and oxygen atoms in total. The zero-order valence-corrected chi connectivity index (χ0v) is 9.04. The first-order valence-corrected chi connectivity index (χ1v) is 5.64. The molecule has 0 fully saturated rings. The van der Waals surface area contributed by atoms with Crippen molar-refractivity contribution in [3.05, 3.63) is 29.6 Å². The van der Waals surface area contributed by atoms with E-state index < -0.39 is 10.8 Å². The molecular weight excluding hydrogens is 198 g/mol. The standard InChI is InChI=1S/C8H11NOS.CH2N2/c1-7-3-4-8(5-9-7)6-11(2)10;2-1-3/h3-5H,6H2,1-2H3;2H2. The van der Waals surface area contributed by atoms with Gasteiger partial charge in [0.2, 0.25) is 0 Å². The lowest BCUT2D eigenvalue weighted by atomic mass is 10.3. The number of hydrogen-bond donors (Lipinski definition) is 1. The lowest BCUT2D eigenvalue weighted by Gasteiger charge is -1.96. The van der Waals surface area contributed by atoms with Crippen LogP contribution in [-0.2, 0) is 16.6 Å². The topological polar surface area (TPSA) is 79.8 Å². The van der Waals surface area contributed by atoms with Gasteiger partial charge in [-0.15, -0.1) is 0 Å². The monoisotopic (exact) mass is 211 g/mol. The highest BCUT2D eigenvalue weighted by Crippen LogP contribution is 2.01. The molecule has 76 valence electrons. The third kappa shape index (κ3) is 6.14. The summed E-state index contributed by atoms with van der Waals surface area (Å²) in [6.07, 6.45) is 4.72. The van der Waals surface area contributed by atoms with Gasteiger partial charge in [-0.05, 0) is 18.6 Å². The van der Waals surface area contributed by atoms with Crippen molar-refractivity contribution in [2.45, 2.75) is 12.7 Å². The molecule has 0 aliphatic rings. The van der Waals surface area contributed by atoms with E-state index in [9.17, 15) is 4.21 Å². The molecule has 14 heavy (non-hydrogen) atoms. The first kappa shape index (κ1) is 12.6. The third-order valence-corrected chi connectivity index (χ3v) is 2.08. The highest BCUT2D eigenvalue weighted by Gasteiger charge is 1.94. The molecular formula is C9H13N3OS. The van der Waals surface area contributed by atoms with Gasteiger partial charge in [0, 0.05) is 34.7 Å². The summed E-state index contributed by atoms with van der Waals surface area (Å²) in [5.41, 5.74) is 6.19. The van der Waals surface area contributed by atoms with E-state index in [4.69, 9.17) is 5.26 Å². The number of nitrogens with two attached hydrogens (primary N) is 1. The highest BCUT2D eigenvalue weighted by molar-refractivity contribution is 7.83. The maximum absolute atomic E-state index is 10.8. The Morgan fingerprint density at radius 2 is 2.21 bits per heavy atom. The smallest absolute Gasteiger partial charge is 0.173 e. The Morgan fingerprint density at radius 1 is 1.64 bits per heavy atom. The van der Waals surface area contributed by atoms with Crippen LogP contribution < -0.4 is 5.73 Å². The molecule has 2 N–H and O–H groups in total. The van der Waals surface area contributed by atoms with Crippen LogP contribution in [0.25, 0.3) is 0 Å². The van der Waals surface area contributed by atoms with E-state index in [1.165, 1.54) is 6.19 Å². The molecule has 0 bridgehead atoms. The maximum atomic E-state index is 10.8. The number of aryl methyl sites for hydroxylation is 1. The molecule has 1 aromatic rings. The lowest BCUT2D eigenvalue weighted by Crippen LogP contribution is -1.93. The molecule has 1 aromatic heterocycles. The predicted molar refractivity (Wildman–Crippen MR) is 56.5 cm³/mol. The van der Waals surface area contributed by atoms with Crippen LogP contribution in [0.2, 0.25) is 0 Å². The van der Waals surface area contributed by atoms with E-state index >= 15 is 0 Å².